The Morgan fingerprint density at radius 2 is 2.20 bits per heavy atom. The first kappa shape index (κ1) is 14.9. The van der Waals surface area contributed by atoms with Gasteiger partial charge in [-0.3, -0.25) is 0 Å². The monoisotopic (exact) mass is 293 g/mol. The highest BCUT2D eigenvalue weighted by Crippen LogP contribution is 2.11. The second kappa shape index (κ2) is 9.16. The molecule has 0 spiro atoms. The first-order chi connectivity index (χ1) is 6.83. The van der Waals surface area contributed by atoms with E-state index in [1.807, 2.05) is 6.07 Å². The van der Waals surface area contributed by atoms with Crippen LogP contribution in [0.3, 0.4) is 0 Å². The molecule has 0 bridgehead atoms. The van der Waals surface area contributed by atoms with Gasteiger partial charge in [0.2, 0.25) is 0 Å². The van der Waals surface area contributed by atoms with E-state index in [2.05, 4.69) is 39.4 Å². The lowest BCUT2D eigenvalue weighted by atomic mass is 10.2. The van der Waals surface area contributed by atoms with Crippen LogP contribution < -0.4 is 5.32 Å². The highest BCUT2D eigenvalue weighted by Gasteiger charge is 1.93. The lowest BCUT2D eigenvalue weighted by Crippen LogP contribution is -2.15. The number of hydrogen-bond acceptors (Lipinski definition) is 2. The Hall–Kier alpha value is -0.0900. The average Bonchev–Trinajstić information content (AvgIpc) is 2.18. The number of nitrogens with one attached hydrogen (secondary N) is 1. The predicted molar refractivity (Wildman–Crippen MR) is 69.6 cm³/mol. The molecule has 0 aliphatic rings. The van der Waals surface area contributed by atoms with Crippen LogP contribution in [0.1, 0.15) is 12.0 Å². The summed E-state index contributed by atoms with van der Waals surface area (Å²) < 4.78 is 6.10. The molecule has 0 amide bonds. The number of benzene rings is 1. The highest BCUT2D eigenvalue weighted by atomic mass is 79.9. The molecule has 0 fully saturated rings. The molecule has 0 atom stereocenters. The first-order valence-corrected chi connectivity index (χ1v) is 5.56. The van der Waals surface area contributed by atoms with Crippen LogP contribution in [0, 0.1) is 0 Å². The molecule has 0 saturated heterocycles. The first-order valence-electron chi connectivity index (χ1n) is 4.77. The molecule has 0 aliphatic carbocycles. The minimum atomic E-state index is 0. The van der Waals surface area contributed by atoms with Crippen molar-refractivity contribution in [2.45, 2.75) is 13.0 Å². The van der Waals surface area contributed by atoms with Gasteiger partial charge in [-0.15, -0.1) is 12.4 Å². The van der Waals surface area contributed by atoms with Crippen LogP contribution in [0.5, 0.6) is 0 Å². The molecule has 4 heteroatoms. The fourth-order valence-corrected chi connectivity index (χ4v) is 1.67. The van der Waals surface area contributed by atoms with Gasteiger partial charge in [0.25, 0.3) is 0 Å². The third-order valence-corrected chi connectivity index (χ3v) is 2.41. The van der Waals surface area contributed by atoms with E-state index in [9.17, 15) is 0 Å². The van der Waals surface area contributed by atoms with Crippen LogP contribution in [0.2, 0.25) is 0 Å². The molecule has 2 nitrogen and oxygen atoms in total. The second-order valence-corrected chi connectivity index (χ2v) is 4.07. The zero-order valence-corrected chi connectivity index (χ0v) is 11.2. The molecule has 86 valence electrons. The topological polar surface area (TPSA) is 21.3 Å². The van der Waals surface area contributed by atoms with Gasteiger partial charge in [0.1, 0.15) is 0 Å². The average molecular weight is 295 g/mol. The minimum absolute atomic E-state index is 0. The second-order valence-electron chi connectivity index (χ2n) is 3.15. The van der Waals surface area contributed by atoms with Gasteiger partial charge in [-0.2, -0.15) is 0 Å². The maximum Gasteiger partial charge on any atom is 0.0474 e. The summed E-state index contributed by atoms with van der Waals surface area (Å²) in [5, 5.41) is 3.36. The number of halogens is 2. The Labute approximate surface area is 106 Å². The molecule has 1 rings (SSSR count). The number of rotatable bonds is 6. The van der Waals surface area contributed by atoms with Crippen molar-refractivity contribution in [3.8, 4) is 0 Å². The lowest BCUT2D eigenvalue weighted by molar-refractivity contribution is 0.194. The maximum absolute atomic E-state index is 4.97. The summed E-state index contributed by atoms with van der Waals surface area (Å²) in [6, 6.07) is 8.34. The molecule has 0 radical (unpaired) electrons. The van der Waals surface area contributed by atoms with E-state index in [0.29, 0.717) is 0 Å². The van der Waals surface area contributed by atoms with Gasteiger partial charge < -0.3 is 10.1 Å². The Morgan fingerprint density at radius 1 is 1.40 bits per heavy atom. The SMILES string of the molecule is COCCCNCc1cccc(Br)c1.Cl. The third kappa shape index (κ3) is 6.90. The van der Waals surface area contributed by atoms with Crippen molar-refractivity contribution in [2.24, 2.45) is 0 Å². The smallest absolute Gasteiger partial charge is 0.0474 e. The summed E-state index contributed by atoms with van der Waals surface area (Å²) in [7, 11) is 1.73. The normalized spacial score (nSPS) is 9.73. The van der Waals surface area contributed by atoms with E-state index >= 15 is 0 Å². The van der Waals surface area contributed by atoms with Crippen LogP contribution in [0.4, 0.5) is 0 Å². The molecule has 0 aromatic heterocycles. The molecule has 0 unspecified atom stereocenters. The Bertz CT molecular complexity index is 271. The fraction of sp³-hybridized carbons (Fsp3) is 0.455. The van der Waals surface area contributed by atoms with Crippen molar-refractivity contribution in [3.63, 3.8) is 0 Å². The standard InChI is InChI=1S/C11H16BrNO.ClH/c1-14-7-3-6-13-9-10-4-2-5-11(12)8-10;/h2,4-5,8,13H,3,6-7,9H2,1H3;1H. The van der Waals surface area contributed by atoms with Gasteiger partial charge in [0, 0.05) is 24.7 Å². The van der Waals surface area contributed by atoms with Crippen molar-refractivity contribution in [1.29, 1.82) is 0 Å². The third-order valence-electron chi connectivity index (χ3n) is 1.92. The zero-order valence-electron chi connectivity index (χ0n) is 8.83. The molecule has 1 aromatic rings. The van der Waals surface area contributed by atoms with Crippen LogP contribution in [-0.4, -0.2) is 20.3 Å². The molecule has 1 aromatic carbocycles. The Kier molecular flexibility index (Phi) is 9.10. The van der Waals surface area contributed by atoms with Gasteiger partial charge in [-0.25, -0.2) is 0 Å². The Morgan fingerprint density at radius 3 is 2.87 bits per heavy atom. The van der Waals surface area contributed by atoms with Gasteiger partial charge in [-0.1, -0.05) is 28.1 Å². The van der Waals surface area contributed by atoms with Crippen LogP contribution in [0.25, 0.3) is 0 Å². The van der Waals surface area contributed by atoms with Gasteiger partial charge in [0.05, 0.1) is 0 Å². The molecule has 1 N–H and O–H groups in total. The molecule has 0 aliphatic heterocycles. The van der Waals surface area contributed by atoms with Crippen molar-refractivity contribution < 1.29 is 4.74 Å². The number of methoxy groups -OCH3 is 1. The lowest BCUT2D eigenvalue weighted by Gasteiger charge is -2.04. The predicted octanol–water partition coefficient (Wildman–Crippen LogP) is 3.00. The fourth-order valence-electron chi connectivity index (χ4n) is 1.22. The van der Waals surface area contributed by atoms with E-state index in [4.69, 9.17) is 4.74 Å². The summed E-state index contributed by atoms with van der Waals surface area (Å²) in [6.07, 6.45) is 1.06. The molecular weight excluding hydrogens is 277 g/mol. The van der Waals surface area contributed by atoms with Gasteiger partial charge in [-0.05, 0) is 30.7 Å². The van der Waals surface area contributed by atoms with Gasteiger partial charge >= 0.3 is 0 Å². The molecular formula is C11H17BrClNO. The maximum atomic E-state index is 4.97. The Balaban J connectivity index is 0.00000196. The summed E-state index contributed by atoms with van der Waals surface area (Å²) in [4.78, 5) is 0. The number of ether oxygens (including phenoxy) is 1. The quantitative estimate of drug-likeness (QED) is 0.815. The van der Waals surface area contributed by atoms with Crippen LogP contribution >= 0.6 is 28.3 Å². The summed E-state index contributed by atoms with van der Waals surface area (Å²) >= 11 is 3.45. The number of hydrogen-bond donors (Lipinski definition) is 1. The summed E-state index contributed by atoms with van der Waals surface area (Å²) in [5.74, 6) is 0. The summed E-state index contributed by atoms with van der Waals surface area (Å²) in [6.45, 7) is 2.75. The van der Waals surface area contributed by atoms with Crippen molar-refractivity contribution in [2.75, 3.05) is 20.3 Å². The van der Waals surface area contributed by atoms with E-state index in [1.54, 1.807) is 7.11 Å². The van der Waals surface area contributed by atoms with E-state index < -0.39 is 0 Å². The highest BCUT2D eigenvalue weighted by molar-refractivity contribution is 9.10. The summed E-state index contributed by atoms with van der Waals surface area (Å²) in [5.41, 5.74) is 1.30. The van der Waals surface area contributed by atoms with Crippen molar-refractivity contribution >= 4 is 28.3 Å². The van der Waals surface area contributed by atoms with E-state index in [0.717, 1.165) is 30.6 Å². The van der Waals surface area contributed by atoms with E-state index in [1.165, 1.54) is 5.56 Å². The van der Waals surface area contributed by atoms with Crippen LogP contribution in [-0.2, 0) is 11.3 Å². The zero-order chi connectivity index (χ0) is 10.2. The van der Waals surface area contributed by atoms with Crippen molar-refractivity contribution in [1.82, 2.24) is 5.32 Å². The van der Waals surface area contributed by atoms with E-state index in [-0.39, 0.29) is 12.4 Å². The van der Waals surface area contributed by atoms with Crippen molar-refractivity contribution in [3.05, 3.63) is 34.3 Å². The largest absolute Gasteiger partial charge is 0.385 e. The van der Waals surface area contributed by atoms with Crippen LogP contribution in [0.15, 0.2) is 28.7 Å². The molecule has 15 heavy (non-hydrogen) atoms. The van der Waals surface area contributed by atoms with Gasteiger partial charge in [0.15, 0.2) is 0 Å². The minimum Gasteiger partial charge on any atom is -0.385 e. The molecule has 0 heterocycles. The molecule has 0 saturated carbocycles.